The fourth-order valence-electron chi connectivity index (χ4n) is 2.35. The molecule has 3 heterocycles. The summed E-state index contributed by atoms with van der Waals surface area (Å²) in [7, 11) is 0. The van der Waals surface area contributed by atoms with Gasteiger partial charge in [0.05, 0.1) is 6.26 Å². The molecule has 5 heteroatoms. The van der Waals surface area contributed by atoms with Gasteiger partial charge in [-0.3, -0.25) is 0 Å². The maximum Gasteiger partial charge on any atom is 0.225 e. The topological polar surface area (TPSA) is 68.2 Å². The van der Waals surface area contributed by atoms with Crippen LogP contribution in [0, 0.1) is 6.92 Å². The summed E-state index contributed by atoms with van der Waals surface area (Å²) in [6.07, 6.45) is 5.51. The Kier molecular flexibility index (Phi) is 3.21. The third kappa shape index (κ3) is 2.46. The second kappa shape index (κ2) is 5.01. The summed E-state index contributed by atoms with van der Waals surface area (Å²) in [5, 5.41) is 0. The molecule has 2 aromatic heterocycles. The fourth-order valence-corrected chi connectivity index (χ4v) is 2.35. The zero-order valence-electron chi connectivity index (χ0n) is 11.0. The van der Waals surface area contributed by atoms with Crippen LogP contribution in [0.25, 0.3) is 11.5 Å². The number of nitrogens with two attached hydrogens (primary N) is 1. The molecule has 0 unspecified atom stereocenters. The highest BCUT2D eigenvalue weighted by atomic mass is 16.3. The summed E-state index contributed by atoms with van der Waals surface area (Å²) in [5.41, 5.74) is 7.81. The molecule has 0 bridgehead atoms. The van der Waals surface area contributed by atoms with Crippen molar-refractivity contribution in [3.8, 4) is 11.5 Å². The number of aryl methyl sites for hydroxylation is 1. The van der Waals surface area contributed by atoms with E-state index >= 15 is 0 Å². The van der Waals surface area contributed by atoms with Gasteiger partial charge >= 0.3 is 0 Å². The molecule has 1 saturated heterocycles. The van der Waals surface area contributed by atoms with Gasteiger partial charge in [-0.1, -0.05) is 0 Å². The average Bonchev–Trinajstić information content (AvgIpc) is 2.94. The molecular formula is C14H18N4O. The van der Waals surface area contributed by atoms with Crippen molar-refractivity contribution in [2.75, 3.05) is 18.0 Å². The molecule has 100 valence electrons. The minimum Gasteiger partial charge on any atom is -0.463 e. The van der Waals surface area contributed by atoms with Crippen molar-refractivity contribution in [3.05, 3.63) is 30.2 Å². The van der Waals surface area contributed by atoms with Crippen molar-refractivity contribution in [2.24, 2.45) is 5.73 Å². The molecule has 0 spiro atoms. The predicted molar refractivity (Wildman–Crippen MR) is 73.9 cm³/mol. The van der Waals surface area contributed by atoms with E-state index in [1.807, 2.05) is 25.3 Å². The van der Waals surface area contributed by atoms with Crippen LogP contribution in [0.15, 0.2) is 29.0 Å². The molecular weight excluding hydrogens is 240 g/mol. The van der Waals surface area contributed by atoms with Gasteiger partial charge in [0, 0.05) is 25.3 Å². The summed E-state index contributed by atoms with van der Waals surface area (Å²) < 4.78 is 5.43. The monoisotopic (exact) mass is 258 g/mol. The highest BCUT2D eigenvalue weighted by Crippen LogP contribution is 2.24. The van der Waals surface area contributed by atoms with E-state index in [4.69, 9.17) is 10.2 Å². The Hall–Kier alpha value is -1.88. The normalized spacial score (nSPS) is 16.8. The Morgan fingerprint density at radius 1 is 1.37 bits per heavy atom. The van der Waals surface area contributed by atoms with Gasteiger partial charge in [-0.05, 0) is 37.5 Å². The molecule has 5 nitrogen and oxygen atoms in total. The lowest BCUT2D eigenvalue weighted by Gasteiger charge is -2.30. The summed E-state index contributed by atoms with van der Waals surface area (Å²) in [5.74, 6) is 1.55. The first-order valence-corrected chi connectivity index (χ1v) is 6.62. The van der Waals surface area contributed by atoms with Crippen LogP contribution in [0.2, 0.25) is 0 Å². The molecule has 2 aromatic rings. The van der Waals surface area contributed by atoms with Gasteiger partial charge in [-0.25, -0.2) is 9.97 Å². The van der Waals surface area contributed by atoms with Gasteiger partial charge < -0.3 is 15.1 Å². The molecule has 1 aliphatic rings. The molecule has 1 aliphatic heterocycles. The highest BCUT2D eigenvalue weighted by Gasteiger charge is 2.19. The van der Waals surface area contributed by atoms with Crippen LogP contribution in [0.1, 0.15) is 18.4 Å². The lowest BCUT2D eigenvalue weighted by atomic mass is 10.1. The van der Waals surface area contributed by atoms with Gasteiger partial charge in [0.15, 0.2) is 5.76 Å². The summed E-state index contributed by atoms with van der Waals surface area (Å²) >= 11 is 0. The van der Waals surface area contributed by atoms with Crippen molar-refractivity contribution in [1.82, 2.24) is 9.97 Å². The lowest BCUT2D eigenvalue weighted by Crippen LogP contribution is -2.40. The van der Waals surface area contributed by atoms with Gasteiger partial charge in [0.25, 0.3) is 0 Å². The Morgan fingerprint density at radius 2 is 2.16 bits per heavy atom. The molecule has 0 radical (unpaired) electrons. The number of hydrogen-bond acceptors (Lipinski definition) is 5. The minimum atomic E-state index is 0.311. The Morgan fingerprint density at radius 3 is 2.84 bits per heavy atom. The Bertz CT molecular complexity index is 545. The van der Waals surface area contributed by atoms with Crippen LogP contribution in [0.3, 0.4) is 0 Å². The molecule has 1 fully saturated rings. The third-order valence-corrected chi connectivity index (χ3v) is 3.54. The first kappa shape index (κ1) is 12.2. The Labute approximate surface area is 112 Å². The second-order valence-electron chi connectivity index (χ2n) is 5.00. The number of rotatable bonds is 2. The van der Waals surface area contributed by atoms with E-state index in [2.05, 4.69) is 14.9 Å². The van der Waals surface area contributed by atoms with E-state index in [1.165, 1.54) is 0 Å². The predicted octanol–water partition coefficient (Wildman–Crippen LogP) is 1.97. The number of piperidine rings is 1. The lowest BCUT2D eigenvalue weighted by molar-refractivity contribution is 0.495. The molecule has 0 saturated carbocycles. The van der Waals surface area contributed by atoms with Crippen LogP contribution in [0.4, 0.5) is 5.95 Å². The Balaban J connectivity index is 1.89. The van der Waals surface area contributed by atoms with E-state index in [0.717, 1.165) is 48.9 Å². The largest absolute Gasteiger partial charge is 0.463 e. The second-order valence-corrected chi connectivity index (χ2v) is 5.00. The van der Waals surface area contributed by atoms with Crippen LogP contribution in [-0.2, 0) is 0 Å². The quantitative estimate of drug-likeness (QED) is 0.892. The minimum absolute atomic E-state index is 0.311. The molecule has 19 heavy (non-hydrogen) atoms. The average molecular weight is 258 g/mol. The SMILES string of the molecule is Cc1cnc(N2CCC(N)CC2)nc1-c1ccco1. The molecule has 0 amide bonds. The highest BCUT2D eigenvalue weighted by molar-refractivity contribution is 5.58. The van der Waals surface area contributed by atoms with Crippen molar-refractivity contribution in [3.63, 3.8) is 0 Å². The number of aromatic nitrogens is 2. The fraction of sp³-hybridized carbons (Fsp3) is 0.429. The summed E-state index contributed by atoms with van der Waals surface area (Å²) in [6.45, 7) is 3.83. The number of hydrogen-bond donors (Lipinski definition) is 1. The number of anilines is 1. The van der Waals surface area contributed by atoms with Gasteiger partial charge in [-0.2, -0.15) is 0 Å². The van der Waals surface area contributed by atoms with Crippen LogP contribution in [0.5, 0.6) is 0 Å². The number of nitrogens with zero attached hydrogens (tertiary/aromatic N) is 3. The summed E-state index contributed by atoms with van der Waals surface area (Å²) in [4.78, 5) is 11.3. The van der Waals surface area contributed by atoms with E-state index in [1.54, 1.807) is 6.26 Å². The first-order chi connectivity index (χ1) is 9.24. The van der Waals surface area contributed by atoms with Crippen LogP contribution in [-0.4, -0.2) is 29.1 Å². The van der Waals surface area contributed by atoms with Crippen molar-refractivity contribution in [1.29, 1.82) is 0 Å². The first-order valence-electron chi connectivity index (χ1n) is 6.62. The smallest absolute Gasteiger partial charge is 0.225 e. The molecule has 3 rings (SSSR count). The standard InChI is InChI=1S/C14H18N4O/c1-10-9-16-14(18-6-4-11(15)5-7-18)17-13(10)12-3-2-8-19-12/h2-3,8-9,11H,4-7,15H2,1H3. The zero-order valence-corrected chi connectivity index (χ0v) is 11.0. The van der Waals surface area contributed by atoms with E-state index in [-0.39, 0.29) is 0 Å². The molecule has 0 aromatic carbocycles. The third-order valence-electron chi connectivity index (χ3n) is 3.54. The van der Waals surface area contributed by atoms with Gasteiger partial charge in [0.1, 0.15) is 5.69 Å². The van der Waals surface area contributed by atoms with Crippen LogP contribution < -0.4 is 10.6 Å². The van der Waals surface area contributed by atoms with Gasteiger partial charge in [0.2, 0.25) is 5.95 Å². The van der Waals surface area contributed by atoms with Crippen molar-refractivity contribution < 1.29 is 4.42 Å². The zero-order chi connectivity index (χ0) is 13.2. The van der Waals surface area contributed by atoms with Crippen molar-refractivity contribution >= 4 is 5.95 Å². The van der Waals surface area contributed by atoms with Crippen LogP contribution >= 0.6 is 0 Å². The molecule has 0 aliphatic carbocycles. The van der Waals surface area contributed by atoms with Gasteiger partial charge in [-0.15, -0.1) is 0 Å². The van der Waals surface area contributed by atoms with Crippen molar-refractivity contribution in [2.45, 2.75) is 25.8 Å². The van der Waals surface area contributed by atoms with E-state index < -0.39 is 0 Å². The number of furan rings is 1. The maximum absolute atomic E-state index is 5.92. The molecule has 2 N–H and O–H groups in total. The molecule has 0 atom stereocenters. The summed E-state index contributed by atoms with van der Waals surface area (Å²) in [6, 6.07) is 4.10. The van der Waals surface area contributed by atoms with E-state index in [9.17, 15) is 0 Å². The van der Waals surface area contributed by atoms with E-state index in [0.29, 0.717) is 6.04 Å². The maximum atomic E-state index is 5.92.